The van der Waals surface area contributed by atoms with Gasteiger partial charge >= 0.3 is 0 Å². The summed E-state index contributed by atoms with van der Waals surface area (Å²) in [4.78, 5) is 12.8. The molecule has 1 aliphatic rings. The fraction of sp³-hybridized carbons (Fsp3) is 0.500. The average Bonchev–Trinajstić information content (AvgIpc) is 2.03. The molecular weight excluding hydrogens is 182 g/mol. The summed E-state index contributed by atoms with van der Waals surface area (Å²) >= 11 is 1.49. The number of carbonyl (C=O) groups excluding carboxylic acids is 1. The molecule has 0 bridgehead atoms. The van der Waals surface area contributed by atoms with E-state index in [1.165, 1.54) is 16.7 Å². The van der Waals surface area contributed by atoms with E-state index in [4.69, 9.17) is 5.73 Å². The van der Waals surface area contributed by atoms with E-state index >= 15 is 0 Å². The summed E-state index contributed by atoms with van der Waals surface area (Å²) in [6, 6.07) is 0. The summed E-state index contributed by atoms with van der Waals surface area (Å²) in [5.74, 6) is -0.320. The maximum atomic E-state index is 10.9. The Morgan fingerprint density at radius 2 is 2.08 bits per heavy atom. The van der Waals surface area contributed by atoms with Gasteiger partial charge in [0.2, 0.25) is 0 Å². The predicted octanol–water partition coefficient (Wildman–Crippen LogP) is 2.42. The van der Waals surface area contributed by atoms with E-state index in [-0.39, 0.29) is 11.3 Å². The van der Waals surface area contributed by atoms with Gasteiger partial charge in [-0.05, 0) is 16.7 Å². The molecule has 1 rings (SSSR count). The summed E-state index contributed by atoms with van der Waals surface area (Å²) in [7, 11) is 0. The Morgan fingerprint density at radius 3 is 2.54 bits per heavy atom. The van der Waals surface area contributed by atoms with Gasteiger partial charge in [-0.25, -0.2) is 0 Å². The van der Waals surface area contributed by atoms with Crippen molar-refractivity contribution in [2.75, 3.05) is 0 Å². The first kappa shape index (κ1) is 10.4. The predicted molar refractivity (Wildman–Crippen MR) is 57.0 cm³/mol. The Kier molecular flexibility index (Phi) is 2.86. The van der Waals surface area contributed by atoms with Crippen molar-refractivity contribution in [3.8, 4) is 0 Å². The van der Waals surface area contributed by atoms with E-state index in [2.05, 4.69) is 26.8 Å². The maximum Gasteiger partial charge on any atom is 0.255 e. The zero-order valence-corrected chi connectivity index (χ0v) is 9.07. The zero-order valence-electron chi connectivity index (χ0n) is 8.26. The molecule has 0 aromatic heterocycles. The number of nitrogens with two attached hydrogens (primary N) is 1. The number of hydrogen-bond donors (Lipinski definition) is 1. The van der Waals surface area contributed by atoms with Crippen LogP contribution in [-0.2, 0) is 4.79 Å². The van der Waals surface area contributed by atoms with Gasteiger partial charge in [-0.1, -0.05) is 44.7 Å². The molecule has 0 fully saturated rings. The van der Waals surface area contributed by atoms with Crippen LogP contribution in [0.5, 0.6) is 0 Å². The third-order valence-electron chi connectivity index (χ3n) is 1.81. The third kappa shape index (κ3) is 2.62. The fourth-order valence-corrected chi connectivity index (χ4v) is 2.09. The van der Waals surface area contributed by atoms with Crippen LogP contribution in [0.4, 0.5) is 0 Å². The molecule has 0 radical (unpaired) electrons. The Balaban J connectivity index is 2.76. The summed E-state index contributed by atoms with van der Waals surface area (Å²) in [6.07, 6.45) is 4.84. The molecule has 0 saturated heterocycles. The van der Waals surface area contributed by atoms with Crippen LogP contribution in [0.1, 0.15) is 27.2 Å². The second kappa shape index (κ2) is 3.58. The monoisotopic (exact) mass is 197 g/mol. The van der Waals surface area contributed by atoms with Crippen molar-refractivity contribution in [2.45, 2.75) is 27.2 Å². The molecule has 1 amide bonds. The van der Waals surface area contributed by atoms with Gasteiger partial charge < -0.3 is 5.73 Å². The molecule has 0 saturated carbocycles. The summed E-state index contributed by atoms with van der Waals surface area (Å²) in [6.45, 7) is 6.40. The number of primary amides is 1. The average molecular weight is 197 g/mol. The van der Waals surface area contributed by atoms with Crippen molar-refractivity contribution >= 4 is 17.7 Å². The second-order valence-corrected chi connectivity index (χ2v) is 5.17. The van der Waals surface area contributed by atoms with E-state index in [9.17, 15) is 4.79 Å². The lowest BCUT2D eigenvalue weighted by molar-refractivity contribution is -0.113. The van der Waals surface area contributed by atoms with Crippen molar-refractivity contribution in [1.29, 1.82) is 0 Å². The minimum atomic E-state index is -0.320. The van der Waals surface area contributed by atoms with Gasteiger partial charge in [0.25, 0.3) is 5.91 Å². The Labute approximate surface area is 83.3 Å². The lowest BCUT2D eigenvalue weighted by Crippen LogP contribution is -2.16. The maximum absolute atomic E-state index is 10.9. The number of carbonyl (C=O) groups is 1. The third-order valence-corrected chi connectivity index (χ3v) is 3.40. The first-order chi connectivity index (χ1) is 5.91. The van der Waals surface area contributed by atoms with Crippen molar-refractivity contribution in [3.05, 3.63) is 22.0 Å². The standard InChI is InChI=1S/C10H15NOS/c1-10(2,3)8-6-4-5-7(13-8)9(11)12/h5-6H,4H2,1-3H3,(H2,11,12). The van der Waals surface area contributed by atoms with Crippen LogP contribution < -0.4 is 5.73 Å². The van der Waals surface area contributed by atoms with E-state index < -0.39 is 0 Å². The van der Waals surface area contributed by atoms with Gasteiger partial charge in [0, 0.05) is 0 Å². The molecule has 0 aliphatic carbocycles. The number of hydrogen-bond acceptors (Lipinski definition) is 2. The van der Waals surface area contributed by atoms with E-state index in [0.717, 1.165) is 6.42 Å². The lowest BCUT2D eigenvalue weighted by atomic mass is 9.95. The topological polar surface area (TPSA) is 43.1 Å². The molecule has 13 heavy (non-hydrogen) atoms. The van der Waals surface area contributed by atoms with Gasteiger partial charge in [0.1, 0.15) is 0 Å². The minimum Gasteiger partial charge on any atom is -0.365 e. The molecule has 0 aromatic rings. The molecule has 2 nitrogen and oxygen atoms in total. The van der Waals surface area contributed by atoms with Crippen molar-refractivity contribution in [3.63, 3.8) is 0 Å². The van der Waals surface area contributed by atoms with Gasteiger partial charge in [-0.2, -0.15) is 0 Å². The van der Waals surface area contributed by atoms with Crippen LogP contribution in [0.25, 0.3) is 0 Å². The Morgan fingerprint density at radius 1 is 1.46 bits per heavy atom. The van der Waals surface area contributed by atoms with Crippen molar-refractivity contribution in [2.24, 2.45) is 11.1 Å². The molecule has 3 heteroatoms. The number of amides is 1. The largest absolute Gasteiger partial charge is 0.365 e. The number of rotatable bonds is 1. The van der Waals surface area contributed by atoms with Crippen LogP contribution in [0.2, 0.25) is 0 Å². The number of allylic oxidation sites excluding steroid dienone is 3. The molecule has 1 aliphatic heterocycles. The summed E-state index contributed by atoms with van der Waals surface area (Å²) in [5.41, 5.74) is 5.33. The zero-order chi connectivity index (χ0) is 10.1. The molecule has 72 valence electrons. The van der Waals surface area contributed by atoms with Gasteiger partial charge in [0.05, 0.1) is 4.91 Å². The van der Waals surface area contributed by atoms with Crippen LogP contribution in [0, 0.1) is 5.41 Å². The van der Waals surface area contributed by atoms with Crippen LogP contribution >= 0.6 is 11.8 Å². The van der Waals surface area contributed by atoms with Crippen molar-refractivity contribution < 1.29 is 4.79 Å². The van der Waals surface area contributed by atoms with E-state index in [1.807, 2.05) is 6.08 Å². The van der Waals surface area contributed by atoms with Crippen molar-refractivity contribution in [1.82, 2.24) is 0 Å². The van der Waals surface area contributed by atoms with Gasteiger partial charge in [0.15, 0.2) is 0 Å². The van der Waals surface area contributed by atoms with Gasteiger partial charge in [-0.15, -0.1) is 0 Å². The summed E-state index contributed by atoms with van der Waals surface area (Å²) < 4.78 is 0. The van der Waals surface area contributed by atoms with Crippen LogP contribution in [0.3, 0.4) is 0 Å². The molecule has 0 atom stereocenters. The first-order valence-corrected chi connectivity index (χ1v) is 5.11. The fourth-order valence-electron chi connectivity index (χ4n) is 1.08. The molecule has 2 N–H and O–H groups in total. The quantitative estimate of drug-likeness (QED) is 0.701. The highest BCUT2D eigenvalue weighted by atomic mass is 32.2. The normalized spacial score (nSPS) is 17.8. The molecular formula is C10H15NOS. The first-order valence-electron chi connectivity index (χ1n) is 4.29. The number of thioether (sulfide) groups is 1. The minimum absolute atomic E-state index is 0.111. The smallest absolute Gasteiger partial charge is 0.255 e. The van der Waals surface area contributed by atoms with Crippen LogP contribution in [0.15, 0.2) is 22.0 Å². The highest BCUT2D eigenvalue weighted by Gasteiger charge is 2.22. The molecule has 1 heterocycles. The molecule has 0 aromatic carbocycles. The van der Waals surface area contributed by atoms with Crippen LogP contribution in [-0.4, -0.2) is 5.91 Å². The second-order valence-electron chi connectivity index (χ2n) is 4.09. The highest BCUT2D eigenvalue weighted by molar-refractivity contribution is 8.07. The molecule has 0 unspecified atom stereocenters. The SMILES string of the molecule is CC(C)(C)C1=CCC=C(C(N)=O)S1. The van der Waals surface area contributed by atoms with E-state index in [1.54, 1.807) is 0 Å². The van der Waals surface area contributed by atoms with E-state index in [0.29, 0.717) is 4.91 Å². The Bertz CT molecular complexity index is 284. The Hall–Kier alpha value is -0.700. The molecule has 0 spiro atoms. The summed E-state index contributed by atoms with van der Waals surface area (Å²) in [5, 5.41) is 0. The highest BCUT2D eigenvalue weighted by Crippen LogP contribution is 2.41. The van der Waals surface area contributed by atoms with Gasteiger partial charge in [-0.3, -0.25) is 4.79 Å². The lowest BCUT2D eigenvalue weighted by Gasteiger charge is -2.24.